The summed E-state index contributed by atoms with van der Waals surface area (Å²) in [6, 6.07) is -0.0939. The Kier molecular flexibility index (Phi) is 3.34. The second-order valence-corrected chi connectivity index (χ2v) is 4.31. The Labute approximate surface area is 89.8 Å². The van der Waals surface area contributed by atoms with Crippen LogP contribution in [0.2, 0.25) is 0 Å². The molecule has 5 heteroatoms. The first kappa shape index (κ1) is 12.0. The van der Waals surface area contributed by atoms with E-state index < -0.39 is 5.54 Å². The van der Waals surface area contributed by atoms with Crippen LogP contribution in [0.3, 0.4) is 0 Å². The molecule has 86 valence electrons. The molecule has 0 aromatic rings. The summed E-state index contributed by atoms with van der Waals surface area (Å²) in [5.41, 5.74) is -0.798. The molecule has 0 bridgehead atoms. The number of nitrogens with zero attached hydrogens (tertiary/aromatic N) is 1. The van der Waals surface area contributed by atoms with Crippen LogP contribution in [0.1, 0.15) is 20.8 Å². The molecule has 1 aliphatic rings. The Morgan fingerprint density at radius 1 is 1.53 bits per heavy atom. The fraction of sp³-hybridized carbons (Fsp3) is 0.800. The van der Waals surface area contributed by atoms with Crippen LogP contribution < -0.4 is 5.32 Å². The van der Waals surface area contributed by atoms with E-state index in [9.17, 15) is 9.59 Å². The van der Waals surface area contributed by atoms with Crippen molar-refractivity contribution in [2.24, 2.45) is 0 Å². The van der Waals surface area contributed by atoms with E-state index in [1.165, 1.54) is 0 Å². The third-order valence-corrected chi connectivity index (χ3v) is 2.68. The third-order valence-electron chi connectivity index (χ3n) is 2.68. The van der Waals surface area contributed by atoms with Gasteiger partial charge in [-0.3, -0.25) is 9.59 Å². The van der Waals surface area contributed by atoms with E-state index in [2.05, 4.69) is 5.32 Å². The van der Waals surface area contributed by atoms with Crippen LogP contribution in [-0.4, -0.2) is 48.6 Å². The lowest BCUT2D eigenvalue weighted by Crippen LogP contribution is -2.67. The first-order valence-corrected chi connectivity index (χ1v) is 5.00. The van der Waals surface area contributed by atoms with Crippen LogP contribution >= 0.6 is 0 Å². The van der Waals surface area contributed by atoms with Crippen LogP contribution in [-0.2, 0) is 14.3 Å². The second kappa shape index (κ2) is 4.18. The minimum atomic E-state index is -0.798. The highest BCUT2D eigenvalue weighted by atomic mass is 16.5. The number of amides is 2. The van der Waals surface area contributed by atoms with Crippen molar-refractivity contribution in [1.29, 1.82) is 0 Å². The number of nitrogens with one attached hydrogen (secondary N) is 1. The van der Waals surface area contributed by atoms with Crippen LogP contribution in [0.25, 0.3) is 0 Å². The van der Waals surface area contributed by atoms with Gasteiger partial charge in [-0.15, -0.1) is 0 Å². The molecule has 0 spiro atoms. The SMILES string of the molecule is COCC(C)N1C(=O)CNC(=O)C1(C)C. The van der Waals surface area contributed by atoms with E-state index in [-0.39, 0.29) is 24.4 Å². The molecule has 1 fully saturated rings. The zero-order valence-electron chi connectivity index (χ0n) is 9.66. The largest absolute Gasteiger partial charge is 0.383 e. The molecule has 0 radical (unpaired) electrons. The fourth-order valence-corrected chi connectivity index (χ4v) is 1.99. The standard InChI is InChI=1S/C10H18N2O3/c1-7(6-15-4)12-8(13)5-11-9(14)10(12,2)3/h7H,5-6H2,1-4H3,(H,11,14). The zero-order chi connectivity index (χ0) is 11.6. The molecule has 0 aliphatic carbocycles. The molecule has 5 nitrogen and oxygen atoms in total. The highest BCUT2D eigenvalue weighted by Gasteiger charge is 2.43. The predicted octanol–water partition coefficient (Wildman–Crippen LogP) is -0.242. The molecule has 1 saturated heterocycles. The van der Waals surface area contributed by atoms with Gasteiger partial charge in [0.25, 0.3) is 0 Å². The number of ether oxygens (including phenoxy) is 1. The summed E-state index contributed by atoms with van der Waals surface area (Å²) in [6.07, 6.45) is 0. The topological polar surface area (TPSA) is 58.6 Å². The van der Waals surface area contributed by atoms with E-state index in [0.29, 0.717) is 6.61 Å². The Balaban J connectivity index is 2.89. The molecule has 2 amide bonds. The van der Waals surface area contributed by atoms with Crippen molar-refractivity contribution < 1.29 is 14.3 Å². The van der Waals surface area contributed by atoms with Gasteiger partial charge in [0.2, 0.25) is 11.8 Å². The van der Waals surface area contributed by atoms with Gasteiger partial charge in [-0.05, 0) is 20.8 Å². The van der Waals surface area contributed by atoms with Gasteiger partial charge in [0, 0.05) is 7.11 Å². The van der Waals surface area contributed by atoms with Crippen LogP contribution in [0, 0.1) is 0 Å². The summed E-state index contributed by atoms with van der Waals surface area (Å²) >= 11 is 0. The average molecular weight is 214 g/mol. The molecule has 1 aliphatic heterocycles. The van der Waals surface area contributed by atoms with Gasteiger partial charge in [0.05, 0.1) is 19.2 Å². The van der Waals surface area contributed by atoms with E-state index in [4.69, 9.17) is 4.74 Å². The third kappa shape index (κ3) is 2.12. The maximum atomic E-state index is 11.7. The number of hydrogen-bond donors (Lipinski definition) is 1. The molecule has 15 heavy (non-hydrogen) atoms. The van der Waals surface area contributed by atoms with Gasteiger partial charge in [0.1, 0.15) is 5.54 Å². The maximum absolute atomic E-state index is 11.7. The van der Waals surface area contributed by atoms with Gasteiger partial charge in [-0.1, -0.05) is 0 Å². The second-order valence-electron chi connectivity index (χ2n) is 4.31. The molecule has 0 aromatic carbocycles. The number of carbonyl (C=O) groups excluding carboxylic acids is 2. The lowest BCUT2D eigenvalue weighted by molar-refractivity contribution is -0.155. The highest BCUT2D eigenvalue weighted by Crippen LogP contribution is 2.21. The summed E-state index contributed by atoms with van der Waals surface area (Å²) in [5.74, 6) is -0.186. The molecule has 0 aromatic heterocycles. The van der Waals surface area contributed by atoms with Gasteiger partial charge < -0.3 is 15.0 Å². The van der Waals surface area contributed by atoms with E-state index in [0.717, 1.165) is 0 Å². The predicted molar refractivity (Wildman–Crippen MR) is 55.3 cm³/mol. The van der Waals surface area contributed by atoms with Gasteiger partial charge >= 0.3 is 0 Å². The Bertz CT molecular complexity index is 276. The minimum Gasteiger partial charge on any atom is -0.383 e. The van der Waals surface area contributed by atoms with Gasteiger partial charge in [-0.25, -0.2) is 0 Å². The lowest BCUT2D eigenvalue weighted by Gasteiger charge is -2.44. The summed E-state index contributed by atoms with van der Waals surface area (Å²) in [4.78, 5) is 25.0. The molecule has 1 atom stereocenters. The normalized spacial score (nSPS) is 22.5. The smallest absolute Gasteiger partial charge is 0.245 e. The van der Waals surface area contributed by atoms with Crippen molar-refractivity contribution in [3.8, 4) is 0 Å². The Morgan fingerprint density at radius 2 is 2.13 bits per heavy atom. The van der Waals surface area contributed by atoms with E-state index >= 15 is 0 Å². The lowest BCUT2D eigenvalue weighted by atomic mass is 9.96. The molecular formula is C10H18N2O3. The average Bonchev–Trinajstić information content (AvgIpc) is 2.12. The first-order chi connectivity index (χ1) is 6.91. The van der Waals surface area contributed by atoms with Crippen molar-refractivity contribution in [3.63, 3.8) is 0 Å². The van der Waals surface area contributed by atoms with Gasteiger partial charge in [0.15, 0.2) is 0 Å². The van der Waals surface area contributed by atoms with Crippen molar-refractivity contribution in [2.45, 2.75) is 32.4 Å². The van der Waals surface area contributed by atoms with Crippen molar-refractivity contribution in [1.82, 2.24) is 10.2 Å². The van der Waals surface area contributed by atoms with Crippen molar-refractivity contribution in [2.75, 3.05) is 20.3 Å². The van der Waals surface area contributed by atoms with Crippen molar-refractivity contribution in [3.05, 3.63) is 0 Å². The zero-order valence-corrected chi connectivity index (χ0v) is 9.66. The highest BCUT2D eigenvalue weighted by molar-refractivity contribution is 5.97. The minimum absolute atomic E-state index is 0.0656. The van der Waals surface area contributed by atoms with Crippen LogP contribution in [0.15, 0.2) is 0 Å². The number of hydrogen-bond acceptors (Lipinski definition) is 3. The summed E-state index contributed by atoms with van der Waals surface area (Å²) in [6.45, 7) is 5.87. The molecule has 1 N–H and O–H groups in total. The monoisotopic (exact) mass is 214 g/mol. The van der Waals surface area contributed by atoms with E-state index in [1.807, 2.05) is 6.92 Å². The number of methoxy groups -OCH3 is 1. The number of rotatable bonds is 3. The molecule has 1 heterocycles. The Morgan fingerprint density at radius 3 is 2.67 bits per heavy atom. The first-order valence-electron chi connectivity index (χ1n) is 5.00. The van der Waals surface area contributed by atoms with E-state index in [1.54, 1.807) is 25.9 Å². The quantitative estimate of drug-likeness (QED) is 0.705. The van der Waals surface area contributed by atoms with Crippen LogP contribution in [0.5, 0.6) is 0 Å². The summed E-state index contributed by atoms with van der Waals surface area (Å²) in [7, 11) is 1.58. The maximum Gasteiger partial charge on any atom is 0.245 e. The summed E-state index contributed by atoms with van der Waals surface area (Å²) in [5, 5.41) is 2.58. The van der Waals surface area contributed by atoms with Crippen molar-refractivity contribution >= 4 is 11.8 Å². The number of carbonyl (C=O) groups is 2. The summed E-state index contributed by atoms with van der Waals surface area (Å²) < 4.78 is 5.01. The Hall–Kier alpha value is -1.10. The van der Waals surface area contributed by atoms with Gasteiger partial charge in [-0.2, -0.15) is 0 Å². The molecular weight excluding hydrogens is 196 g/mol. The molecule has 1 unspecified atom stereocenters. The molecule has 1 rings (SSSR count). The fourth-order valence-electron chi connectivity index (χ4n) is 1.99. The number of piperazine rings is 1. The molecule has 0 saturated carbocycles. The van der Waals surface area contributed by atoms with Crippen LogP contribution in [0.4, 0.5) is 0 Å².